The van der Waals surface area contributed by atoms with Crippen molar-refractivity contribution in [2.24, 2.45) is 5.92 Å². The highest BCUT2D eigenvalue weighted by Gasteiger charge is 2.27. The molecule has 0 unspecified atom stereocenters. The van der Waals surface area contributed by atoms with Crippen molar-refractivity contribution in [3.8, 4) is 0 Å². The number of benzene rings is 2. The maximum absolute atomic E-state index is 13.7. The molecule has 0 aliphatic heterocycles. The molecule has 2 aromatic rings. The van der Waals surface area contributed by atoms with Gasteiger partial charge in [0.05, 0.1) is 5.56 Å². The summed E-state index contributed by atoms with van der Waals surface area (Å²) >= 11 is 5.84. The highest BCUT2D eigenvalue weighted by molar-refractivity contribution is 6.30. The Morgan fingerprint density at radius 3 is 2.46 bits per heavy atom. The second kappa shape index (κ2) is 9.85. The van der Waals surface area contributed by atoms with Crippen LogP contribution in [-0.4, -0.2) is 30.4 Å². The largest absolute Gasteiger partial charge is 0.454 e. The van der Waals surface area contributed by atoms with Crippen molar-refractivity contribution < 1.29 is 23.5 Å². The predicted octanol–water partition coefficient (Wildman–Crippen LogP) is 3.42. The molecule has 2 amide bonds. The van der Waals surface area contributed by atoms with Crippen molar-refractivity contribution in [2.45, 2.75) is 19.9 Å². The van der Waals surface area contributed by atoms with Gasteiger partial charge in [-0.1, -0.05) is 43.6 Å². The molecule has 2 aromatic carbocycles. The normalized spacial score (nSPS) is 11.6. The first-order chi connectivity index (χ1) is 13.3. The molecule has 0 saturated carbocycles. The lowest BCUT2D eigenvalue weighted by atomic mass is 10.0. The molecule has 2 rings (SSSR count). The van der Waals surface area contributed by atoms with Crippen molar-refractivity contribution in [3.05, 3.63) is 64.9 Å². The molecular formula is C20H20ClFN2O4. The Morgan fingerprint density at radius 2 is 1.82 bits per heavy atom. The Hall–Kier alpha value is -2.93. The minimum absolute atomic E-state index is 0.181. The lowest BCUT2D eigenvalue weighted by molar-refractivity contribution is -0.150. The molecule has 0 aliphatic rings. The molecule has 148 valence electrons. The molecule has 2 N–H and O–H groups in total. The molecule has 28 heavy (non-hydrogen) atoms. The van der Waals surface area contributed by atoms with E-state index in [2.05, 4.69) is 10.6 Å². The zero-order valence-electron chi connectivity index (χ0n) is 15.4. The van der Waals surface area contributed by atoms with Crippen LogP contribution >= 0.6 is 11.6 Å². The number of carbonyl (C=O) groups is 3. The topological polar surface area (TPSA) is 84.5 Å². The Balaban J connectivity index is 1.94. The standard InChI is InChI=1S/C20H20ClFN2O4/c1-12(2)18(24-19(26)15-8-3-4-9-16(15)22)20(27)28-11-17(25)23-14-7-5-6-13(21)10-14/h3-10,12,18H,11H2,1-2H3,(H,23,25)(H,24,26)/t18-/m0/s1. The molecule has 0 bridgehead atoms. The van der Waals surface area contributed by atoms with Gasteiger partial charge in [-0.05, 0) is 36.2 Å². The fraction of sp³-hybridized carbons (Fsp3) is 0.250. The number of rotatable bonds is 7. The molecule has 8 heteroatoms. The molecule has 6 nitrogen and oxygen atoms in total. The van der Waals surface area contributed by atoms with Crippen molar-refractivity contribution in [1.82, 2.24) is 5.32 Å². The van der Waals surface area contributed by atoms with Crippen molar-refractivity contribution in [2.75, 3.05) is 11.9 Å². The number of hydrogen-bond acceptors (Lipinski definition) is 4. The van der Waals surface area contributed by atoms with Gasteiger partial charge in [-0.3, -0.25) is 9.59 Å². The van der Waals surface area contributed by atoms with E-state index in [0.717, 1.165) is 6.07 Å². The summed E-state index contributed by atoms with van der Waals surface area (Å²) in [5.41, 5.74) is 0.279. The highest BCUT2D eigenvalue weighted by atomic mass is 35.5. The number of esters is 1. The van der Waals surface area contributed by atoms with Crippen LogP contribution in [0.2, 0.25) is 5.02 Å². The van der Waals surface area contributed by atoms with E-state index in [4.69, 9.17) is 16.3 Å². The molecule has 0 heterocycles. The van der Waals surface area contributed by atoms with Crippen LogP contribution in [0, 0.1) is 11.7 Å². The van der Waals surface area contributed by atoms with Gasteiger partial charge in [-0.15, -0.1) is 0 Å². The van der Waals surface area contributed by atoms with Gasteiger partial charge in [0.2, 0.25) is 0 Å². The Morgan fingerprint density at radius 1 is 1.11 bits per heavy atom. The van der Waals surface area contributed by atoms with Gasteiger partial charge in [0.1, 0.15) is 11.9 Å². The summed E-state index contributed by atoms with van der Waals surface area (Å²) in [6.07, 6.45) is 0. The third-order valence-electron chi connectivity index (χ3n) is 3.78. The van der Waals surface area contributed by atoms with Crippen LogP contribution in [0.1, 0.15) is 24.2 Å². The molecule has 0 spiro atoms. The average molecular weight is 407 g/mol. The summed E-state index contributed by atoms with van der Waals surface area (Å²) < 4.78 is 18.7. The molecule has 0 fully saturated rings. The SMILES string of the molecule is CC(C)[C@H](NC(=O)c1ccccc1F)C(=O)OCC(=O)Nc1cccc(Cl)c1. The first-order valence-corrected chi connectivity index (χ1v) is 8.93. The van der Waals surface area contributed by atoms with Crippen LogP contribution in [0.3, 0.4) is 0 Å². The Kier molecular flexibility index (Phi) is 7.52. The first-order valence-electron chi connectivity index (χ1n) is 8.55. The van der Waals surface area contributed by atoms with Gasteiger partial charge in [-0.2, -0.15) is 0 Å². The van der Waals surface area contributed by atoms with Crippen LogP contribution in [-0.2, 0) is 14.3 Å². The van der Waals surface area contributed by atoms with E-state index in [0.29, 0.717) is 10.7 Å². The number of carbonyl (C=O) groups excluding carboxylic acids is 3. The quantitative estimate of drug-likeness (QED) is 0.690. The van der Waals surface area contributed by atoms with Crippen LogP contribution in [0.4, 0.5) is 10.1 Å². The van der Waals surface area contributed by atoms with E-state index < -0.39 is 36.2 Å². The van der Waals surface area contributed by atoms with Gasteiger partial charge < -0.3 is 15.4 Å². The Labute approximate surface area is 167 Å². The van der Waals surface area contributed by atoms with E-state index >= 15 is 0 Å². The molecule has 0 aromatic heterocycles. The number of nitrogens with one attached hydrogen (secondary N) is 2. The number of anilines is 1. The summed E-state index contributed by atoms with van der Waals surface area (Å²) in [4.78, 5) is 36.5. The first kappa shape index (κ1) is 21.4. The lowest BCUT2D eigenvalue weighted by Crippen LogP contribution is -2.46. The molecule has 0 radical (unpaired) electrons. The van der Waals surface area contributed by atoms with Gasteiger partial charge in [-0.25, -0.2) is 9.18 Å². The molecular weight excluding hydrogens is 387 g/mol. The van der Waals surface area contributed by atoms with E-state index in [1.54, 1.807) is 38.1 Å². The van der Waals surface area contributed by atoms with Gasteiger partial charge >= 0.3 is 5.97 Å². The highest BCUT2D eigenvalue weighted by Crippen LogP contribution is 2.15. The summed E-state index contributed by atoms with van der Waals surface area (Å²) in [5, 5.41) is 5.44. The van der Waals surface area contributed by atoms with E-state index in [-0.39, 0.29) is 11.5 Å². The van der Waals surface area contributed by atoms with Crippen LogP contribution < -0.4 is 10.6 Å². The second-order valence-electron chi connectivity index (χ2n) is 6.34. The van der Waals surface area contributed by atoms with Crippen LogP contribution in [0.15, 0.2) is 48.5 Å². The average Bonchev–Trinajstić information content (AvgIpc) is 2.64. The van der Waals surface area contributed by atoms with Crippen molar-refractivity contribution >= 4 is 35.1 Å². The fourth-order valence-corrected chi connectivity index (χ4v) is 2.54. The Bertz CT molecular complexity index is 873. The number of hydrogen-bond donors (Lipinski definition) is 2. The maximum Gasteiger partial charge on any atom is 0.329 e. The van der Waals surface area contributed by atoms with Crippen LogP contribution in [0.25, 0.3) is 0 Å². The van der Waals surface area contributed by atoms with Gasteiger partial charge in [0.15, 0.2) is 6.61 Å². The lowest BCUT2D eigenvalue weighted by Gasteiger charge is -2.21. The minimum atomic E-state index is -1.04. The summed E-state index contributed by atoms with van der Waals surface area (Å²) in [6, 6.07) is 10.9. The van der Waals surface area contributed by atoms with E-state index in [1.165, 1.54) is 18.2 Å². The van der Waals surface area contributed by atoms with E-state index in [9.17, 15) is 18.8 Å². The summed E-state index contributed by atoms with van der Waals surface area (Å²) in [6.45, 7) is 2.85. The van der Waals surface area contributed by atoms with Crippen molar-refractivity contribution in [3.63, 3.8) is 0 Å². The third-order valence-corrected chi connectivity index (χ3v) is 4.01. The summed E-state index contributed by atoms with van der Waals surface area (Å²) in [7, 11) is 0. The molecule has 0 saturated heterocycles. The fourth-order valence-electron chi connectivity index (χ4n) is 2.35. The second-order valence-corrected chi connectivity index (χ2v) is 6.78. The zero-order chi connectivity index (χ0) is 20.7. The predicted molar refractivity (Wildman–Crippen MR) is 104 cm³/mol. The van der Waals surface area contributed by atoms with E-state index in [1.807, 2.05) is 0 Å². The maximum atomic E-state index is 13.7. The molecule has 1 atom stereocenters. The zero-order valence-corrected chi connectivity index (χ0v) is 16.1. The van der Waals surface area contributed by atoms with Crippen molar-refractivity contribution in [1.29, 1.82) is 0 Å². The van der Waals surface area contributed by atoms with Gasteiger partial charge in [0, 0.05) is 10.7 Å². The van der Waals surface area contributed by atoms with Gasteiger partial charge in [0.25, 0.3) is 11.8 Å². The number of ether oxygens (including phenoxy) is 1. The van der Waals surface area contributed by atoms with Crippen LogP contribution in [0.5, 0.6) is 0 Å². The smallest absolute Gasteiger partial charge is 0.329 e. The number of amides is 2. The molecule has 0 aliphatic carbocycles. The third kappa shape index (κ3) is 6.06. The minimum Gasteiger partial charge on any atom is -0.454 e. The summed E-state index contributed by atoms with van der Waals surface area (Å²) in [5.74, 6) is -3.12. The number of halogens is 2. The monoisotopic (exact) mass is 406 g/mol.